The molecule has 1 aliphatic carbocycles. The zero-order valence-electron chi connectivity index (χ0n) is 21.9. The molecule has 1 aliphatic heterocycles. The van der Waals surface area contributed by atoms with Gasteiger partial charge in [-0.1, -0.05) is 6.07 Å². The molecule has 3 aromatic rings. The number of hydrogen-bond acceptors (Lipinski definition) is 6. The van der Waals surface area contributed by atoms with Gasteiger partial charge in [0, 0.05) is 43.5 Å². The molecule has 0 radical (unpaired) electrons. The molecule has 0 saturated heterocycles. The molecule has 0 spiro atoms. The Morgan fingerprint density at radius 3 is 2.71 bits per heavy atom. The Bertz CT molecular complexity index is 1440. The molecule has 5 rings (SSSR count). The minimum atomic E-state index is -4.61. The van der Waals surface area contributed by atoms with E-state index in [9.17, 15) is 31.5 Å². The van der Waals surface area contributed by atoms with Gasteiger partial charge in [-0.3, -0.25) is 14.3 Å². The predicted octanol–water partition coefficient (Wildman–Crippen LogP) is 4.93. The van der Waals surface area contributed by atoms with Gasteiger partial charge in [0.15, 0.2) is 0 Å². The second-order valence-corrected chi connectivity index (χ2v) is 10.2. The molecule has 14 heteroatoms. The Labute approximate surface area is 231 Å². The van der Waals surface area contributed by atoms with Crippen molar-refractivity contribution in [3.05, 3.63) is 60.0 Å². The topological polar surface area (TPSA) is 101 Å². The number of rotatable bonds is 7. The average molecular weight is 579 g/mol. The van der Waals surface area contributed by atoms with Crippen LogP contribution in [-0.2, 0) is 18.0 Å². The number of nitrogens with one attached hydrogen (secondary N) is 2. The Kier molecular flexibility index (Phi) is 7.58. The highest BCUT2D eigenvalue weighted by Gasteiger charge is 2.41. The van der Waals surface area contributed by atoms with E-state index in [2.05, 4.69) is 20.7 Å². The molecule has 0 unspecified atom stereocenters. The van der Waals surface area contributed by atoms with Crippen LogP contribution in [0.4, 0.5) is 39.0 Å². The number of anilines is 3. The summed E-state index contributed by atoms with van der Waals surface area (Å²) in [4.78, 5) is 31.8. The van der Waals surface area contributed by atoms with E-state index in [0.29, 0.717) is 17.6 Å². The molecule has 2 N–H and O–H groups in total. The first-order valence-corrected chi connectivity index (χ1v) is 12.9. The fraction of sp³-hybridized carbons (Fsp3) is 0.407. The van der Waals surface area contributed by atoms with Crippen molar-refractivity contribution in [3.63, 3.8) is 0 Å². The summed E-state index contributed by atoms with van der Waals surface area (Å²) < 4.78 is 74.6. The molecule has 3 heterocycles. The summed E-state index contributed by atoms with van der Waals surface area (Å²) in [6, 6.07) is 5.97. The maximum absolute atomic E-state index is 13.9. The summed E-state index contributed by atoms with van der Waals surface area (Å²) in [5.74, 6) is -4.48. The van der Waals surface area contributed by atoms with E-state index in [4.69, 9.17) is 4.74 Å². The number of nitrogens with zero attached hydrogens (tertiary/aromatic N) is 4. The molecule has 1 aromatic carbocycles. The molecule has 9 nitrogen and oxygen atoms in total. The van der Waals surface area contributed by atoms with Crippen LogP contribution in [0.5, 0.6) is 5.88 Å². The number of carbonyl (C=O) groups is 2. The van der Waals surface area contributed by atoms with Crippen LogP contribution in [0.1, 0.15) is 41.6 Å². The maximum atomic E-state index is 13.9. The van der Waals surface area contributed by atoms with Gasteiger partial charge in [0.1, 0.15) is 18.3 Å². The standard InChI is InChI=1S/C27H27F5N6O3/c1-37-15-19(14-34-37)35-24(40)21(9-16-5-6-26(28,29)12-16)36-23(39)17-3-2-4-20(10-17)38-7-8-41-25-22(38)11-18(13-33-25)27(30,31)32/h2-4,10-11,13-16,21H,5-9,12H2,1H3,(H,35,40)(H,36,39)/t16-,21+/m1/s1. The van der Waals surface area contributed by atoms with E-state index in [1.807, 2.05) is 0 Å². The van der Waals surface area contributed by atoms with Gasteiger partial charge in [-0.05, 0) is 43.0 Å². The minimum Gasteiger partial charge on any atom is -0.474 e. The number of benzene rings is 1. The number of fused-ring (bicyclic) bond motifs is 1. The van der Waals surface area contributed by atoms with E-state index >= 15 is 0 Å². The van der Waals surface area contributed by atoms with Crippen LogP contribution in [0.3, 0.4) is 0 Å². The quantitative estimate of drug-likeness (QED) is 0.386. The van der Waals surface area contributed by atoms with Crippen molar-refractivity contribution in [2.24, 2.45) is 13.0 Å². The predicted molar refractivity (Wildman–Crippen MR) is 138 cm³/mol. The molecule has 2 atom stereocenters. The SMILES string of the molecule is Cn1cc(NC(=O)[C@H](C[C@H]2CCC(F)(F)C2)NC(=O)c2cccc(N3CCOc4ncc(C(F)(F)F)cc43)c2)cn1. The number of ether oxygens (including phenoxy) is 1. The van der Waals surface area contributed by atoms with Gasteiger partial charge >= 0.3 is 6.18 Å². The van der Waals surface area contributed by atoms with Crippen molar-refractivity contribution in [1.82, 2.24) is 20.1 Å². The van der Waals surface area contributed by atoms with Crippen molar-refractivity contribution >= 4 is 28.9 Å². The molecule has 1 fully saturated rings. The lowest BCUT2D eigenvalue weighted by atomic mass is 9.97. The number of alkyl halides is 5. The van der Waals surface area contributed by atoms with Crippen LogP contribution < -0.4 is 20.3 Å². The molecule has 2 aromatic heterocycles. The van der Waals surface area contributed by atoms with Gasteiger partial charge in [-0.15, -0.1) is 0 Å². The zero-order valence-corrected chi connectivity index (χ0v) is 21.9. The number of aromatic nitrogens is 3. The van der Waals surface area contributed by atoms with Crippen molar-refractivity contribution in [3.8, 4) is 5.88 Å². The largest absolute Gasteiger partial charge is 0.474 e. The van der Waals surface area contributed by atoms with Gasteiger partial charge in [0.2, 0.25) is 17.7 Å². The van der Waals surface area contributed by atoms with Crippen molar-refractivity contribution in [1.29, 1.82) is 0 Å². The van der Waals surface area contributed by atoms with E-state index in [0.717, 1.165) is 6.07 Å². The zero-order chi connectivity index (χ0) is 29.4. The van der Waals surface area contributed by atoms with Gasteiger partial charge in [0.25, 0.3) is 5.91 Å². The highest BCUT2D eigenvalue weighted by Crippen LogP contribution is 2.41. The molecule has 218 valence electrons. The smallest absolute Gasteiger partial charge is 0.417 e. The van der Waals surface area contributed by atoms with E-state index in [-0.39, 0.29) is 56.0 Å². The minimum absolute atomic E-state index is 0.00977. The van der Waals surface area contributed by atoms with Crippen LogP contribution >= 0.6 is 0 Å². The van der Waals surface area contributed by atoms with E-state index < -0.39 is 41.4 Å². The van der Waals surface area contributed by atoms with Crippen LogP contribution in [0.2, 0.25) is 0 Å². The van der Waals surface area contributed by atoms with E-state index in [1.165, 1.54) is 23.0 Å². The van der Waals surface area contributed by atoms with Crippen molar-refractivity contribution in [2.45, 2.75) is 43.8 Å². The third kappa shape index (κ3) is 6.57. The Balaban J connectivity index is 1.37. The van der Waals surface area contributed by atoms with Gasteiger partial charge < -0.3 is 20.3 Å². The molecule has 41 heavy (non-hydrogen) atoms. The molecule has 1 saturated carbocycles. The molecular formula is C27H27F5N6O3. The summed E-state index contributed by atoms with van der Waals surface area (Å²) in [7, 11) is 1.66. The van der Waals surface area contributed by atoms with Crippen molar-refractivity contribution < 1.29 is 36.3 Å². The van der Waals surface area contributed by atoms with Crippen LogP contribution in [0, 0.1) is 5.92 Å². The second kappa shape index (κ2) is 11.0. The lowest BCUT2D eigenvalue weighted by Gasteiger charge is -2.31. The number of pyridine rings is 1. The number of amides is 2. The summed E-state index contributed by atoms with van der Waals surface area (Å²) in [5, 5.41) is 9.31. The Morgan fingerprint density at radius 2 is 2.02 bits per heavy atom. The summed E-state index contributed by atoms with van der Waals surface area (Å²) in [6.45, 7) is 0.359. The van der Waals surface area contributed by atoms with Crippen LogP contribution in [0.15, 0.2) is 48.9 Å². The van der Waals surface area contributed by atoms with Crippen molar-refractivity contribution in [2.75, 3.05) is 23.4 Å². The first kappa shape index (κ1) is 28.3. The summed E-state index contributed by atoms with van der Waals surface area (Å²) in [6.07, 6.45) is -1.36. The normalized spacial score (nSPS) is 18.8. The van der Waals surface area contributed by atoms with Crippen LogP contribution in [0.25, 0.3) is 0 Å². The highest BCUT2D eigenvalue weighted by molar-refractivity contribution is 6.01. The molecule has 2 amide bonds. The van der Waals surface area contributed by atoms with Gasteiger partial charge in [0.05, 0.1) is 24.0 Å². The number of halogens is 5. The highest BCUT2D eigenvalue weighted by atomic mass is 19.4. The Morgan fingerprint density at radius 1 is 1.22 bits per heavy atom. The third-order valence-corrected chi connectivity index (χ3v) is 7.09. The monoisotopic (exact) mass is 578 g/mol. The van der Waals surface area contributed by atoms with Gasteiger partial charge in [-0.25, -0.2) is 13.8 Å². The van der Waals surface area contributed by atoms with Gasteiger partial charge in [-0.2, -0.15) is 18.3 Å². The number of carbonyl (C=O) groups excluding carboxylic acids is 2. The Hall–Kier alpha value is -4.23. The lowest BCUT2D eigenvalue weighted by molar-refractivity contribution is -0.137. The third-order valence-electron chi connectivity index (χ3n) is 7.09. The molecular weight excluding hydrogens is 551 g/mol. The lowest BCUT2D eigenvalue weighted by Crippen LogP contribution is -2.45. The fourth-order valence-corrected chi connectivity index (χ4v) is 5.10. The summed E-state index contributed by atoms with van der Waals surface area (Å²) in [5.41, 5.74) is 0.0787. The first-order chi connectivity index (χ1) is 19.4. The second-order valence-electron chi connectivity index (χ2n) is 10.2. The van der Waals surface area contributed by atoms with E-state index in [1.54, 1.807) is 30.3 Å². The number of hydrogen-bond donors (Lipinski definition) is 2. The average Bonchev–Trinajstić information content (AvgIpc) is 3.50. The number of aryl methyl sites for hydroxylation is 1. The first-order valence-electron chi connectivity index (χ1n) is 12.9. The summed E-state index contributed by atoms with van der Waals surface area (Å²) >= 11 is 0. The fourth-order valence-electron chi connectivity index (χ4n) is 5.10. The van der Waals surface area contributed by atoms with Crippen LogP contribution in [-0.4, -0.2) is 51.7 Å². The molecule has 0 bridgehead atoms. The maximum Gasteiger partial charge on any atom is 0.417 e. The molecule has 2 aliphatic rings.